The second-order valence-electron chi connectivity index (χ2n) is 5.46. The Hall–Kier alpha value is -1.57. The van der Waals surface area contributed by atoms with E-state index in [4.69, 9.17) is 0 Å². The molecule has 17 heavy (non-hydrogen) atoms. The van der Waals surface area contributed by atoms with E-state index in [1.165, 1.54) is 10.9 Å². The van der Waals surface area contributed by atoms with Gasteiger partial charge in [0, 0.05) is 16.5 Å². The molecule has 0 amide bonds. The van der Waals surface area contributed by atoms with Crippen molar-refractivity contribution in [2.45, 2.75) is 39.5 Å². The van der Waals surface area contributed by atoms with Crippen LogP contribution in [0.15, 0.2) is 29.1 Å². The van der Waals surface area contributed by atoms with Crippen molar-refractivity contribution >= 4 is 10.9 Å². The van der Waals surface area contributed by atoms with Crippen LogP contribution in [0.4, 0.5) is 0 Å². The topological polar surface area (TPSA) is 32.9 Å². The zero-order valence-electron chi connectivity index (χ0n) is 10.9. The molecule has 0 spiro atoms. The van der Waals surface area contributed by atoms with E-state index in [-0.39, 0.29) is 11.0 Å². The van der Waals surface area contributed by atoms with Crippen LogP contribution < -0.4 is 5.56 Å². The Morgan fingerprint density at radius 3 is 2.41 bits per heavy atom. The molecule has 2 nitrogen and oxygen atoms in total. The number of para-hydroxylation sites is 1. The fourth-order valence-electron chi connectivity index (χ4n) is 2.47. The van der Waals surface area contributed by atoms with Crippen LogP contribution in [0.25, 0.3) is 10.9 Å². The molecule has 90 valence electrons. The van der Waals surface area contributed by atoms with Crippen LogP contribution in [0.3, 0.4) is 0 Å². The van der Waals surface area contributed by atoms with E-state index in [9.17, 15) is 4.79 Å². The Labute approximate surface area is 102 Å². The van der Waals surface area contributed by atoms with E-state index in [0.29, 0.717) is 0 Å². The zero-order chi connectivity index (χ0) is 12.6. The zero-order valence-corrected chi connectivity index (χ0v) is 10.9. The first-order chi connectivity index (χ1) is 7.95. The first-order valence-corrected chi connectivity index (χ1v) is 6.09. The smallest absolute Gasteiger partial charge is 0.252 e. The molecule has 1 heterocycles. The standard InChI is InChI=1S/C15H19NO/c1-5-10-11-8-6-7-9-12(11)16-14(17)13(10)15(2,3)4/h6-9H,5H2,1-4H3,(H,16,17). The third kappa shape index (κ3) is 1.99. The van der Waals surface area contributed by atoms with Crippen molar-refractivity contribution in [3.05, 3.63) is 45.7 Å². The number of hydrogen-bond acceptors (Lipinski definition) is 1. The fourth-order valence-corrected chi connectivity index (χ4v) is 2.47. The number of benzene rings is 1. The highest BCUT2D eigenvalue weighted by atomic mass is 16.1. The monoisotopic (exact) mass is 229 g/mol. The van der Waals surface area contributed by atoms with Gasteiger partial charge in [-0.2, -0.15) is 0 Å². The lowest BCUT2D eigenvalue weighted by Crippen LogP contribution is -2.27. The minimum atomic E-state index is -0.122. The van der Waals surface area contributed by atoms with Gasteiger partial charge < -0.3 is 4.98 Å². The van der Waals surface area contributed by atoms with Crippen LogP contribution in [-0.4, -0.2) is 4.98 Å². The third-order valence-electron chi connectivity index (χ3n) is 3.13. The highest BCUT2D eigenvalue weighted by Crippen LogP contribution is 2.27. The van der Waals surface area contributed by atoms with Crippen LogP contribution >= 0.6 is 0 Å². The quantitative estimate of drug-likeness (QED) is 0.798. The van der Waals surface area contributed by atoms with Crippen molar-refractivity contribution in [1.29, 1.82) is 0 Å². The highest BCUT2D eigenvalue weighted by Gasteiger charge is 2.22. The molecule has 2 aromatic rings. The van der Waals surface area contributed by atoms with Gasteiger partial charge >= 0.3 is 0 Å². The number of nitrogens with one attached hydrogen (secondary N) is 1. The molecule has 1 aromatic heterocycles. The molecule has 1 aromatic carbocycles. The molecule has 0 fully saturated rings. The molecular weight excluding hydrogens is 210 g/mol. The second kappa shape index (κ2) is 4.02. The van der Waals surface area contributed by atoms with E-state index >= 15 is 0 Å². The van der Waals surface area contributed by atoms with Crippen molar-refractivity contribution in [2.75, 3.05) is 0 Å². The molecule has 0 bridgehead atoms. The lowest BCUT2D eigenvalue weighted by Gasteiger charge is -2.22. The normalized spacial score (nSPS) is 12.0. The maximum atomic E-state index is 12.2. The van der Waals surface area contributed by atoms with E-state index in [1.807, 2.05) is 18.2 Å². The van der Waals surface area contributed by atoms with Gasteiger partial charge in [0.2, 0.25) is 0 Å². The van der Waals surface area contributed by atoms with Gasteiger partial charge in [-0.3, -0.25) is 4.79 Å². The van der Waals surface area contributed by atoms with Gasteiger partial charge in [-0.25, -0.2) is 0 Å². The predicted octanol–water partition coefficient (Wildman–Crippen LogP) is 3.39. The number of hydrogen-bond donors (Lipinski definition) is 1. The Morgan fingerprint density at radius 2 is 1.82 bits per heavy atom. The minimum Gasteiger partial charge on any atom is -0.322 e. The van der Waals surface area contributed by atoms with Gasteiger partial charge in [-0.05, 0) is 23.5 Å². The Morgan fingerprint density at radius 1 is 1.18 bits per heavy atom. The van der Waals surface area contributed by atoms with Crippen molar-refractivity contribution in [3.8, 4) is 0 Å². The molecule has 2 heteroatoms. The molecule has 1 N–H and O–H groups in total. The molecule has 0 saturated carbocycles. The number of fused-ring (bicyclic) bond motifs is 1. The summed E-state index contributed by atoms with van der Waals surface area (Å²) in [6.45, 7) is 8.37. The number of pyridine rings is 1. The van der Waals surface area contributed by atoms with E-state index in [0.717, 1.165) is 17.5 Å². The molecule has 0 atom stereocenters. The molecule has 0 radical (unpaired) electrons. The SMILES string of the molecule is CCc1c(C(C)(C)C)c(=O)[nH]c2ccccc12. The fraction of sp³-hybridized carbons (Fsp3) is 0.400. The summed E-state index contributed by atoms with van der Waals surface area (Å²) in [4.78, 5) is 15.2. The molecule has 0 aliphatic carbocycles. The summed E-state index contributed by atoms with van der Waals surface area (Å²) >= 11 is 0. The number of aryl methyl sites for hydroxylation is 1. The van der Waals surface area contributed by atoms with Crippen LogP contribution in [-0.2, 0) is 11.8 Å². The average Bonchev–Trinajstić information content (AvgIpc) is 2.25. The average molecular weight is 229 g/mol. The largest absolute Gasteiger partial charge is 0.322 e. The molecular formula is C15H19NO. The van der Waals surface area contributed by atoms with E-state index < -0.39 is 0 Å². The first-order valence-electron chi connectivity index (χ1n) is 6.09. The van der Waals surface area contributed by atoms with Crippen LogP contribution in [0.5, 0.6) is 0 Å². The van der Waals surface area contributed by atoms with Gasteiger partial charge in [-0.15, -0.1) is 0 Å². The molecule has 0 saturated heterocycles. The van der Waals surface area contributed by atoms with Crippen molar-refractivity contribution in [1.82, 2.24) is 4.98 Å². The van der Waals surface area contributed by atoms with Gasteiger partial charge in [0.05, 0.1) is 0 Å². The molecule has 0 aliphatic rings. The first kappa shape index (κ1) is 11.9. The summed E-state index contributed by atoms with van der Waals surface area (Å²) in [7, 11) is 0. The number of aromatic nitrogens is 1. The van der Waals surface area contributed by atoms with Crippen LogP contribution in [0.1, 0.15) is 38.8 Å². The molecule has 0 aliphatic heterocycles. The Balaban J connectivity index is 2.94. The summed E-state index contributed by atoms with van der Waals surface area (Å²) in [6, 6.07) is 8.02. The second-order valence-corrected chi connectivity index (χ2v) is 5.46. The number of rotatable bonds is 1. The van der Waals surface area contributed by atoms with Gasteiger partial charge in [-0.1, -0.05) is 45.9 Å². The predicted molar refractivity (Wildman–Crippen MR) is 72.6 cm³/mol. The Kier molecular flexibility index (Phi) is 2.82. The van der Waals surface area contributed by atoms with Crippen molar-refractivity contribution < 1.29 is 0 Å². The van der Waals surface area contributed by atoms with E-state index in [1.54, 1.807) is 0 Å². The van der Waals surface area contributed by atoms with E-state index in [2.05, 4.69) is 38.7 Å². The Bertz CT molecular complexity index is 602. The van der Waals surface area contributed by atoms with Crippen molar-refractivity contribution in [2.24, 2.45) is 0 Å². The van der Waals surface area contributed by atoms with Gasteiger partial charge in [0.1, 0.15) is 0 Å². The summed E-state index contributed by atoms with van der Waals surface area (Å²) in [5.74, 6) is 0. The van der Waals surface area contributed by atoms with Crippen molar-refractivity contribution in [3.63, 3.8) is 0 Å². The third-order valence-corrected chi connectivity index (χ3v) is 3.13. The van der Waals surface area contributed by atoms with Crippen LogP contribution in [0.2, 0.25) is 0 Å². The van der Waals surface area contributed by atoms with Gasteiger partial charge in [0.25, 0.3) is 5.56 Å². The number of aromatic amines is 1. The lowest BCUT2D eigenvalue weighted by molar-refractivity contribution is 0.576. The maximum absolute atomic E-state index is 12.2. The summed E-state index contributed by atoms with van der Waals surface area (Å²) in [5.41, 5.74) is 2.95. The molecule has 2 rings (SSSR count). The summed E-state index contributed by atoms with van der Waals surface area (Å²) in [6.07, 6.45) is 0.886. The highest BCUT2D eigenvalue weighted by molar-refractivity contribution is 5.83. The van der Waals surface area contributed by atoms with Gasteiger partial charge in [0.15, 0.2) is 0 Å². The lowest BCUT2D eigenvalue weighted by atomic mass is 9.82. The summed E-state index contributed by atoms with van der Waals surface area (Å²) in [5, 5.41) is 1.17. The minimum absolute atomic E-state index is 0.0491. The molecule has 0 unspecified atom stereocenters. The maximum Gasteiger partial charge on any atom is 0.252 e. The summed E-state index contributed by atoms with van der Waals surface area (Å²) < 4.78 is 0. The van der Waals surface area contributed by atoms with Crippen LogP contribution in [0, 0.1) is 0 Å². The number of H-pyrrole nitrogens is 1.